The smallest absolute Gasteiger partial charge is 0.220 e. The highest BCUT2D eigenvalue weighted by molar-refractivity contribution is 5.76. The van der Waals surface area contributed by atoms with Crippen LogP contribution in [0.4, 0.5) is 0 Å². The summed E-state index contributed by atoms with van der Waals surface area (Å²) < 4.78 is 0. The molecule has 0 heterocycles. The summed E-state index contributed by atoms with van der Waals surface area (Å²) in [4.78, 5) is 12.4. The summed E-state index contributed by atoms with van der Waals surface area (Å²) in [6.45, 7) is 4.37. The summed E-state index contributed by atoms with van der Waals surface area (Å²) >= 11 is 0. The molecule has 0 radical (unpaired) electrons. The molecule has 3 N–H and O–H groups in total. The van der Waals surface area contributed by atoms with Crippen LogP contribution in [0.5, 0.6) is 0 Å². The van der Waals surface area contributed by atoms with Crippen molar-refractivity contribution in [2.24, 2.45) is 0 Å². The number of nitrogens with one attached hydrogen (secondary N) is 1. The van der Waals surface area contributed by atoms with E-state index < -0.39 is 12.1 Å². The van der Waals surface area contributed by atoms with Crippen molar-refractivity contribution in [3.8, 4) is 0 Å². The first kappa shape index (κ1) is 55.1. The maximum Gasteiger partial charge on any atom is 0.220 e. The van der Waals surface area contributed by atoms with Gasteiger partial charge in [-0.3, -0.25) is 4.79 Å². The molecule has 0 spiro atoms. The van der Waals surface area contributed by atoms with Crippen molar-refractivity contribution in [3.63, 3.8) is 0 Å². The van der Waals surface area contributed by atoms with Gasteiger partial charge < -0.3 is 15.5 Å². The monoisotopic (exact) mass is 790 g/mol. The Hall–Kier alpha value is -0.870. The van der Waals surface area contributed by atoms with Crippen LogP contribution < -0.4 is 5.32 Å². The first-order valence-corrected chi connectivity index (χ1v) is 25.9. The Bertz CT molecular complexity index is 769. The van der Waals surface area contributed by atoms with Crippen LogP contribution in [0.25, 0.3) is 0 Å². The zero-order valence-corrected chi connectivity index (χ0v) is 38.4. The van der Waals surface area contributed by atoms with E-state index in [-0.39, 0.29) is 12.5 Å². The molecule has 0 aromatic heterocycles. The van der Waals surface area contributed by atoms with E-state index in [9.17, 15) is 15.0 Å². The summed E-state index contributed by atoms with van der Waals surface area (Å²) in [6, 6.07) is -0.537. The predicted octanol–water partition coefficient (Wildman–Crippen LogP) is 16.6. The number of carbonyl (C=O) groups is 1. The van der Waals surface area contributed by atoms with Gasteiger partial charge in [-0.1, -0.05) is 264 Å². The molecule has 0 saturated carbocycles. The molecule has 2 atom stereocenters. The molecule has 4 heteroatoms. The molecule has 2 unspecified atom stereocenters. The number of unbranched alkanes of at least 4 members (excludes halogenated alkanes) is 39. The number of amides is 1. The van der Waals surface area contributed by atoms with Crippen LogP contribution in [0, 0.1) is 0 Å². The van der Waals surface area contributed by atoms with Crippen molar-refractivity contribution >= 4 is 5.91 Å². The van der Waals surface area contributed by atoms with Gasteiger partial charge in [0.15, 0.2) is 0 Å². The maximum absolute atomic E-state index is 12.4. The van der Waals surface area contributed by atoms with E-state index in [1.807, 2.05) is 0 Å². The van der Waals surface area contributed by atoms with Crippen molar-refractivity contribution in [1.29, 1.82) is 0 Å². The molecule has 0 bridgehead atoms. The zero-order chi connectivity index (χ0) is 40.7. The zero-order valence-electron chi connectivity index (χ0n) is 38.4. The van der Waals surface area contributed by atoms with E-state index in [1.165, 1.54) is 244 Å². The first-order chi connectivity index (χ1) is 27.7. The number of allylic oxidation sites excluding steroid dienone is 2. The van der Waals surface area contributed by atoms with Crippen LogP contribution in [0.1, 0.15) is 296 Å². The van der Waals surface area contributed by atoms with E-state index >= 15 is 0 Å². The SMILES string of the molecule is CCCCCCC/C=C\CCCCCCCC(=O)NC(CO)C(O)CCCCCCCCCCCCCCCCCCCCCCCCCCCCCCCC. The number of hydrogen-bond donors (Lipinski definition) is 3. The third-order valence-electron chi connectivity index (χ3n) is 12.3. The van der Waals surface area contributed by atoms with Crippen LogP contribution in [-0.2, 0) is 4.79 Å². The summed E-state index contributed by atoms with van der Waals surface area (Å²) in [5.74, 6) is -0.0364. The van der Waals surface area contributed by atoms with Crippen LogP contribution in [-0.4, -0.2) is 34.9 Å². The highest BCUT2D eigenvalue weighted by Gasteiger charge is 2.20. The molecule has 0 fully saturated rings. The molecular formula is C52H103NO3. The molecule has 0 aromatic rings. The lowest BCUT2D eigenvalue weighted by atomic mass is 10.0. The molecule has 1 amide bonds. The Morgan fingerprint density at radius 3 is 0.982 bits per heavy atom. The Morgan fingerprint density at radius 1 is 0.411 bits per heavy atom. The second-order valence-electron chi connectivity index (χ2n) is 17.9. The maximum atomic E-state index is 12.4. The number of aliphatic hydroxyl groups excluding tert-OH is 2. The third-order valence-corrected chi connectivity index (χ3v) is 12.3. The minimum atomic E-state index is -0.660. The normalized spacial score (nSPS) is 12.9. The highest BCUT2D eigenvalue weighted by atomic mass is 16.3. The minimum Gasteiger partial charge on any atom is -0.394 e. The van der Waals surface area contributed by atoms with Gasteiger partial charge in [-0.05, 0) is 38.5 Å². The van der Waals surface area contributed by atoms with E-state index in [4.69, 9.17) is 0 Å². The fraction of sp³-hybridized carbons (Fsp3) is 0.942. The second kappa shape index (κ2) is 48.5. The van der Waals surface area contributed by atoms with Crippen LogP contribution in [0.2, 0.25) is 0 Å². The molecule has 0 rings (SSSR count). The molecule has 4 nitrogen and oxygen atoms in total. The largest absolute Gasteiger partial charge is 0.394 e. The second-order valence-corrected chi connectivity index (χ2v) is 17.9. The minimum absolute atomic E-state index is 0.0364. The van der Waals surface area contributed by atoms with Gasteiger partial charge in [0.2, 0.25) is 5.91 Å². The van der Waals surface area contributed by atoms with Crippen molar-refractivity contribution in [1.82, 2.24) is 5.32 Å². The van der Waals surface area contributed by atoms with Crippen molar-refractivity contribution in [3.05, 3.63) is 12.2 Å². The molecule has 0 saturated heterocycles. The van der Waals surface area contributed by atoms with Crippen LogP contribution in [0.15, 0.2) is 12.2 Å². The lowest BCUT2D eigenvalue weighted by Crippen LogP contribution is -2.45. The van der Waals surface area contributed by atoms with E-state index in [0.717, 1.165) is 25.7 Å². The highest BCUT2D eigenvalue weighted by Crippen LogP contribution is 2.18. The lowest BCUT2D eigenvalue weighted by molar-refractivity contribution is -0.123. The van der Waals surface area contributed by atoms with Crippen molar-refractivity contribution < 1.29 is 15.0 Å². The van der Waals surface area contributed by atoms with Gasteiger partial charge in [0.1, 0.15) is 0 Å². The Balaban J connectivity index is 3.39. The van der Waals surface area contributed by atoms with Gasteiger partial charge in [0.05, 0.1) is 18.8 Å². The molecular weight excluding hydrogens is 687 g/mol. The van der Waals surface area contributed by atoms with Crippen molar-refractivity contribution in [2.75, 3.05) is 6.61 Å². The predicted molar refractivity (Wildman–Crippen MR) is 249 cm³/mol. The van der Waals surface area contributed by atoms with E-state index in [1.54, 1.807) is 0 Å². The summed E-state index contributed by atoms with van der Waals surface area (Å²) in [7, 11) is 0. The Kier molecular flexibility index (Phi) is 47.7. The average Bonchev–Trinajstić information content (AvgIpc) is 3.20. The van der Waals surface area contributed by atoms with E-state index in [0.29, 0.717) is 12.8 Å². The Morgan fingerprint density at radius 2 is 0.679 bits per heavy atom. The number of carbonyl (C=O) groups excluding carboxylic acids is 1. The van der Waals surface area contributed by atoms with Crippen molar-refractivity contribution in [2.45, 2.75) is 309 Å². The molecule has 334 valence electrons. The topological polar surface area (TPSA) is 69.6 Å². The molecule has 0 aliphatic carbocycles. The summed E-state index contributed by atoms with van der Waals surface area (Å²) in [5, 5.41) is 23.2. The molecule has 56 heavy (non-hydrogen) atoms. The third kappa shape index (κ3) is 44.2. The summed E-state index contributed by atoms with van der Waals surface area (Å²) in [6.07, 6.45) is 61.9. The number of hydrogen-bond acceptors (Lipinski definition) is 3. The van der Waals surface area contributed by atoms with Crippen LogP contribution >= 0.6 is 0 Å². The van der Waals surface area contributed by atoms with Gasteiger partial charge in [-0.25, -0.2) is 0 Å². The van der Waals surface area contributed by atoms with Crippen LogP contribution in [0.3, 0.4) is 0 Å². The quantitative estimate of drug-likeness (QED) is 0.0425. The molecule has 0 aliphatic heterocycles. The first-order valence-electron chi connectivity index (χ1n) is 25.9. The Labute approximate surface area is 352 Å². The molecule has 0 aromatic carbocycles. The number of rotatable bonds is 48. The van der Waals surface area contributed by atoms with Gasteiger partial charge in [0, 0.05) is 6.42 Å². The molecule has 0 aliphatic rings. The van der Waals surface area contributed by atoms with E-state index in [2.05, 4.69) is 31.3 Å². The summed E-state index contributed by atoms with van der Waals surface area (Å²) in [5.41, 5.74) is 0. The van der Waals surface area contributed by atoms with Gasteiger partial charge in [-0.2, -0.15) is 0 Å². The fourth-order valence-electron chi connectivity index (χ4n) is 8.30. The van der Waals surface area contributed by atoms with Gasteiger partial charge >= 0.3 is 0 Å². The lowest BCUT2D eigenvalue weighted by Gasteiger charge is -2.22. The fourth-order valence-corrected chi connectivity index (χ4v) is 8.30. The average molecular weight is 790 g/mol. The van der Waals surface area contributed by atoms with Gasteiger partial charge in [0.25, 0.3) is 0 Å². The standard InChI is InChI=1S/C52H103NO3/c1-3-5-7-9-11-13-15-17-19-20-21-22-23-24-25-26-27-28-29-30-31-32-33-34-35-37-39-41-43-45-47-51(55)50(49-54)53-52(56)48-46-44-42-40-38-36-18-16-14-12-10-8-6-4-2/h16,18,50-51,54-55H,3-15,17,19-49H2,1-2H3,(H,53,56)/b18-16-. The number of aliphatic hydroxyl groups is 2. The van der Waals surface area contributed by atoms with Gasteiger partial charge in [-0.15, -0.1) is 0 Å².